The van der Waals surface area contributed by atoms with Crippen molar-refractivity contribution in [1.82, 2.24) is 14.6 Å². The molecule has 0 spiro atoms. The number of fused-ring (bicyclic) bond motifs is 1. The van der Waals surface area contributed by atoms with Gasteiger partial charge in [0.1, 0.15) is 0 Å². The second-order valence-electron chi connectivity index (χ2n) is 5.76. The normalized spacial score (nSPS) is 16.3. The van der Waals surface area contributed by atoms with Gasteiger partial charge in [-0.05, 0) is 31.1 Å². The zero-order valence-corrected chi connectivity index (χ0v) is 12.9. The van der Waals surface area contributed by atoms with E-state index in [-0.39, 0.29) is 17.6 Å². The van der Waals surface area contributed by atoms with Crippen LogP contribution in [0.1, 0.15) is 38.3 Å². The van der Waals surface area contributed by atoms with E-state index in [0.29, 0.717) is 4.96 Å². The summed E-state index contributed by atoms with van der Waals surface area (Å²) in [7, 11) is 0. The molecule has 1 aliphatic carbocycles. The first-order valence-corrected chi connectivity index (χ1v) is 8.22. The summed E-state index contributed by atoms with van der Waals surface area (Å²) in [5, 5.41) is 17.4. The smallest absolute Gasteiger partial charge is 0.275 e. The van der Waals surface area contributed by atoms with E-state index in [4.69, 9.17) is 5.11 Å². The average Bonchev–Trinajstić information content (AvgIpc) is 3.08. The highest BCUT2D eigenvalue weighted by Crippen LogP contribution is 2.48. The number of hydrogen-bond acceptors (Lipinski definition) is 6. The van der Waals surface area contributed by atoms with Gasteiger partial charge in [-0.15, -0.1) is 5.10 Å². The van der Waals surface area contributed by atoms with Crippen molar-refractivity contribution in [2.45, 2.75) is 39.0 Å². The SMILES string of the molecule is CCCc1cc(=O)n2nc(NCC3(CCO)CC3)sc2n1. The molecule has 1 aliphatic rings. The minimum Gasteiger partial charge on any atom is -0.396 e. The lowest BCUT2D eigenvalue weighted by Gasteiger charge is -2.13. The molecule has 1 saturated carbocycles. The van der Waals surface area contributed by atoms with Crippen molar-refractivity contribution >= 4 is 21.4 Å². The third kappa shape index (κ3) is 3.08. The molecule has 7 heteroatoms. The number of hydrogen-bond donors (Lipinski definition) is 2. The molecular weight excluding hydrogens is 288 g/mol. The topological polar surface area (TPSA) is 79.5 Å². The van der Waals surface area contributed by atoms with Crippen LogP contribution in [0, 0.1) is 5.41 Å². The van der Waals surface area contributed by atoms with Gasteiger partial charge in [0.2, 0.25) is 10.1 Å². The highest BCUT2D eigenvalue weighted by Gasteiger charge is 2.41. The van der Waals surface area contributed by atoms with Gasteiger partial charge in [-0.2, -0.15) is 4.52 Å². The zero-order chi connectivity index (χ0) is 14.9. The van der Waals surface area contributed by atoms with Crippen LogP contribution in [-0.4, -0.2) is 32.9 Å². The number of aromatic nitrogens is 3. The van der Waals surface area contributed by atoms with E-state index in [1.807, 2.05) is 0 Å². The fourth-order valence-corrected chi connectivity index (χ4v) is 3.32. The summed E-state index contributed by atoms with van der Waals surface area (Å²) in [6.07, 6.45) is 4.89. The van der Waals surface area contributed by atoms with E-state index in [1.165, 1.54) is 15.9 Å². The van der Waals surface area contributed by atoms with Gasteiger partial charge >= 0.3 is 0 Å². The minimum atomic E-state index is -0.121. The Labute approximate surface area is 126 Å². The van der Waals surface area contributed by atoms with Crippen LogP contribution in [-0.2, 0) is 6.42 Å². The van der Waals surface area contributed by atoms with Crippen molar-refractivity contribution < 1.29 is 5.11 Å². The van der Waals surface area contributed by atoms with Gasteiger partial charge in [0, 0.05) is 24.9 Å². The largest absolute Gasteiger partial charge is 0.396 e. The molecule has 114 valence electrons. The lowest BCUT2D eigenvalue weighted by molar-refractivity contribution is 0.253. The molecule has 2 aromatic rings. The van der Waals surface area contributed by atoms with Crippen LogP contribution in [0.4, 0.5) is 5.13 Å². The molecule has 0 atom stereocenters. The second-order valence-corrected chi connectivity index (χ2v) is 6.72. The lowest BCUT2D eigenvalue weighted by Crippen LogP contribution is -2.18. The second kappa shape index (κ2) is 5.73. The van der Waals surface area contributed by atoms with E-state index in [2.05, 4.69) is 22.3 Å². The minimum absolute atomic E-state index is 0.121. The monoisotopic (exact) mass is 308 g/mol. The van der Waals surface area contributed by atoms with Gasteiger partial charge in [0.15, 0.2) is 0 Å². The number of aryl methyl sites for hydroxylation is 1. The fraction of sp³-hybridized carbons (Fsp3) is 0.643. The maximum atomic E-state index is 12.0. The van der Waals surface area contributed by atoms with Crippen LogP contribution in [0.5, 0.6) is 0 Å². The number of rotatable bonds is 7. The number of nitrogens with zero attached hydrogens (tertiary/aromatic N) is 3. The first-order valence-electron chi connectivity index (χ1n) is 7.40. The van der Waals surface area contributed by atoms with Crippen LogP contribution < -0.4 is 10.9 Å². The Balaban J connectivity index is 1.78. The van der Waals surface area contributed by atoms with Crippen LogP contribution in [0.2, 0.25) is 0 Å². The molecule has 2 N–H and O–H groups in total. The van der Waals surface area contributed by atoms with E-state index in [1.54, 1.807) is 6.07 Å². The fourth-order valence-electron chi connectivity index (χ4n) is 2.50. The quantitative estimate of drug-likeness (QED) is 0.813. The summed E-state index contributed by atoms with van der Waals surface area (Å²) < 4.78 is 1.36. The van der Waals surface area contributed by atoms with Gasteiger partial charge in [-0.25, -0.2) is 4.98 Å². The molecular formula is C14H20N4O2S. The molecule has 0 radical (unpaired) electrons. The molecule has 0 aromatic carbocycles. The summed E-state index contributed by atoms with van der Waals surface area (Å²) in [6.45, 7) is 3.09. The Morgan fingerprint density at radius 2 is 2.33 bits per heavy atom. The molecule has 0 aliphatic heterocycles. The molecule has 6 nitrogen and oxygen atoms in total. The number of nitrogens with one attached hydrogen (secondary N) is 1. The van der Waals surface area contributed by atoms with E-state index < -0.39 is 0 Å². The first-order chi connectivity index (χ1) is 10.2. The molecule has 0 amide bonds. The summed E-state index contributed by atoms with van der Waals surface area (Å²) in [5.74, 6) is 0. The molecule has 3 rings (SSSR count). The molecule has 0 saturated heterocycles. The molecule has 2 aromatic heterocycles. The number of anilines is 1. The third-order valence-corrected chi connectivity index (χ3v) is 4.88. The Morgan fingerprint density at radius 1 is 1.52 bits per heavy atom. The van der Waals surface area contributed by atoms with E-state index in [9.17, 15) is 4.79 Å². The molecule has 1 fully saturated rings. The van der Waals surface area contributed by atoms with Gasteiger partial charge < -0.3 is 10.4 Å². The molecule has 21 heavy (non-hydrogen) atoms. The Hall–Kier alpha value is -1.47. The van der Waals surface area contributed by atoms with Gasteiger partial charge in [-0.3, -0.25) is 4.79 Å². The van der Waals surface area contributed by atoms with Crippen LogP contribution in [0.25, 0.3) is 4.96 Å². The zero-order valence-electron chi connectivity index (χ0n) is 12.1. The van der Waals surface area contributed by atoms with Crippen molar-refractivity contribution in [3.63, 3.8) is 0 Å². The summed E-state index contributed by atoms with van der Waals surface area (Å²) >= 11 is 1.41. The highest BCUT2D eigenvalue weighted by atomic mass is 32.1. The maximum Gasteiger partial charge on any atom is 0.275 e. The van der Waals surface area contributed by atoms with Crippen molar-refractivity contribution in [2.24, 2.45) is 5.41 Å². The summed E-state index contributed by atoms with van der Waals surface area (Å²) in [5.41, 5.74) is 0.930. The van der Waals surface area contributed by atoms with Crippen LogP contribution >= 0.6 is 11.3 Å². The molecule has 2 heterocycles. The highest BCUT2D eigenvalue weighted by molar-refractivity contribution is 7.20. The van der Waals surface area contributed by atoms with Gasteiger partial charge in [0.05, 0.1) is 0 Å². The predicted octanol–water partition coefficient (Wildman–Crippen LogP) is 1.68. The third-order valence-electron chi connectivity index (χ3n) is 4.02. The van der Waals surface area contributed by atoms with Crippen molar-refractivity contribution in [2.75, 3.05) is 18.5 Å². The molecule has 0 unspecified atom stereocenters. The maximum absolute atomic E-state index is 12.0. The first kappa shape index (κ1) is 14.5. The van der Waals surface area contributed by atoms with Gasteiger partial charge in [0.25, 0.3) is 5.56 Å². The van der Waals surface area contributed by atoms with Crippen molar-refractivity contribution in [1.29, 1.82) is 0 Å². The Bertz CT molecular complexity index is 690. The summed E-state index contributed by atoms with van der Waals surface area (Å²) in [6, 6.07) is 1.56. The average molecular weight is 308 g/mol. The number of aliphatic hydroxyl groups is 1. The van der Waals surface area contributed by atoms with E-state index >= 15 is 0 Å². The number of aliphatic hydroxyl groups excluding tert-OH is 1. The standard InChI is InChI=1S/C14H20N4O2S/c1-2-3-10-8-11(20)18-13(16-10)21-12(17-18)15-9-14(4-5-14)6-7-19/h8,19H,2-7,9H2,1H3,(H,15,17). The van der Waals surface area contributed by atoms with Gasteiger partial charge in [-0.1, -0.05) is 24.7 Å². The lowest BCUT2D eigenvalue weighted by atomic mass is 10.0. The van der Waals surface area contributed by atoms with Crippen molar-refractivity contribution in [3.05, 3.63) is 22.1 Å². The summed E-state index contributed by atoms with van der Waals surface area (Å²) in [4.78, 5) is 17.1. The van der Waals surface area contributed by atoms with Crippen LogP contribution in [0.3, 0.4) is 0 Å². The van der Waals surface area contributed by atoms with Crippen LogP contribution in [0.15, 0.2) is 10.9 Å². The molecule has 0 bridgehead atoms. The Kier molecular flexibility index (Phi) is 3.95. The predicted molar refractivity (Wildman–Crippen MR) is 83.0 cm³/mol. The Morgan fingerprint density at radius 3 is 3.00 bits per heavy atom. The van der Waals surface area contributed by atoms with E-state index in [0.717, 1.165) is 49.5 Å². The van der Waals surface area contributed by atoms with Crippen molar-refractivity contribution in [3.8, 4) is 0 Å².